The molecule has 5 aromatic rings. The minimum absolute atomic E-state index is 0.0253. The lowest BCUT2D eigenvalue weighted by atomic mass is 10.0. The standard InChI is InChI=1S/C24H15F2N2OS/c25-18-5-2-6-19(26)17(18)13-28-20-7-1-4-16(24(27)29)23(20)15-10-9-14(12-21(15)28)22-8-3-11-30-22/h1-9,11-12H,13H2,(H2,27,29). The lowest BCUT2D eigenvalue weighted by molar-refractivity contribution is 0.100. The number of hydrogen-bond donors (Lipinski definition) is 1. The van der Waals surface area contributed by atoms with E-state index < -0.39 is 17.5 Å². The summed E-state index contributed by atoms with van der Waals surface area (Å²) >= 11 is 1.59. The van der Waals surface area contributed by atoms with Gasteiger partial charge >= 0.3 is 0 Å². The van der Waals surface area contributed by atoms with Crippen molar-refractivity contribution < 1.29 is 13.6 Å². The van der Waals surface area contributed by atoms with E-state index in [1.54, 1.807) is 23.5 Å². The van der Waals surface area contributed by atoms with Crippen molar-refractivity contribution in [1.29, 1.82) is 0 Å². The zero-order valence-corrected chi connectivity index (χ0v) is 16.5. The second kappa shape index (κ2) is 7.07. The molecule has 0 bridgehead atoms. The maximum absolute atomic E-state index is 14.4. The van der Waals surface area contributed by atoms with Crippen LogP contribution in [0.1, 0.15) is 15.9 Å². The molecule has 0 unspecified atom stereocenters. The molecule has 0 aliphatic heterocycles. The highest BCUT2D eigenvalue weighted by Crippen LogP contribution is 2.36. The van der Waals surface area contributed by atoms with E-state index in [4.69, 9.17) is 5.73 Å². The van der Waals surface area contributed by atoms with Crippen LogP contribution < -0.4 is 5.73 Å². The summed E-state index contributed by atoms with van der Waals surface area (Å²) in [6.45, 7) is -0.0253. The van der Waals surface area contributed by atoms with Gasteiger partial charge in [-0.05, 0) is 59.5 Å². The molecule has 0 saturated heterocycles. The molecular formula is C24H15F2N2OS. The summed E-state index contributed by atoms with van der Waals surface area (Å²) in [5, 5.41) is 3.31. The van der Waals surface area contributed by atoms with Gasteiger partial charge in [0.05, 0.1) is 17.6 Å². The minimum Gasteiger partial charge on any atom is -0.366 e. The van der Waals surface area contributed by atoms with Crippen LogP contribution in [0, 0.1) is 17.7 Å². The number of nitrogens with two attached hydrogens (primary N) is 1. The number of nitrogens with zero attached hydrogens (tertiary/aromatic N) is 1. The van der Waals surface area contributed by atoms with E-state index in [1.807, 2.05) is 40.3 Å². The number of hydrogen-bond acceptors (Lipinski definition) is 2. The van der Waals surface area contributed by atoms with Gasteiger partial charge in [-0.2, -0.15) is 0 Å². The van der Waals surface area contributed by atoms with Gasteiger partial charge in [0.1, 0.15) is 11.6 Å². The molecule has 0 spiro atoms. The number of rotatable bonds is 4. The van der Waals surface area contributed by atoms with Crippen LogP contribution in [0.15, 0.2) is 66.0 Å². The fourth-order valence-corrected chi connectivity index (χ4v) is 4.57. The van der Waals surface area contributed by atoms with Crippen molar-refractivity contribution in [3.05, 3.63) is 94.9 Å². The van der Waals surface area contributed by atoms with Crippen LogP contribution in [0.3, 0.4) is 0 Å². The summed E-state index contributed by atoms with van der Waals surface area (Å²) in [6, 6.07) is 20.1. The van der Waals surface area contributed by atoms with Crippen molar-refractivity contribution in [3.63, 3.8) is 0 Å². The van der Waals surface area contributed by atoms with Crippen LogP contribution >= 0.6 is 11.3 Å². The van der Waals surface area contributed by atoms with Crippen molar-refractivity contribution >= 4 is 39.0 Å². The van der Waals surface area contributed by atoms with Gasteiger partial charge in [0, 0.05) is 26.8 Å². The van der Waals surface area contributed by atoms with E-state index >= 15 is 0 Å². The van der Waals surface area contributed by atoms with Crippen LogP contribution in [0.5, 0.6) is 0 Å². The van der Waals surface area contributed by atoms with Crippen molar-refractivity contribution in [2.75, 3.05) is 0 Å². The molecule has 0 saturated carbocycles. The summed E-state index contributed by atoms with van der Waals surface area (Å²) in [4.78, 5) is 13.1. The highest BCUT2D eigenvalue weighted by atomic mass is 32.1. The van der Waals surface area contributed by atoms with E-state index in [-0.39, 0.29) is 12.1 Å². The maximum atomic E-state index is 14.4. The monoisotopic (exact) mass is 417 g/mol. The molecule has 147 valence electrons. The Labute approximate surface area is 175 Å². The highest BCUT2D eigenvalue weighted by Gasteiger charge is 2.19. The van der Waals surface area contributed by atoms with Crippen molar-refractivity contribution in [3.8, 4) is 10.4 Å². The van der Waals surface area contributed by atoms with Gasteiger partial charge < -0.3 is 10.3 Å². The number of carbonyl (C=O) groups is 1. The number of amides is 1. The van der Waals surface area contributed by atoms with Crippen LogP contribution in [0.4, 0.5) is 8.78 Å². The molecule has 30 heavy (non-hydrogen) atoms. The molecule has 1 radical (unpaired) electrons. The van der Waals surface area contributed by atoms with Crippen LogP contribution in [0.2, 0.25) is 0 Å². The Hall–Kier alpha value is -3.51. The van der Waals surface area contributed by atoms with Crippen LogP contribution in [0.25, 0.3) is 32.2 Å². The Morgan fingerprint density at radius 3 is 2.50 bits per heavy atom. The summed E-state index contributed by atoms with van der Waals surface area (Å²) < 4.78 is 30.6. The molecule has 1 amide bonds. The smallest absolute Gasteiger partial charge is 0.249 e. The van der Waals surface area contributed by atoms with Gasteiger partial charge in [0.15, 0.2) is 0 Å². The quantitative estimate of drug-likeness (QED) is 0.398. The van der Waals surface area contributed by atoms with E-state index in [0.29, 0.717) is 21.9 Å². The van der Waals surface area contributed by atoms with E-state index in [0.717, 1.165) is 16.0 Å². The molecule has 2 aromatic heterocycles. The van der Waals surface area contributed by atoms with Crippen LogP contribution in [-0.4, -0.2) is 10.5 Å². The predicted molar refractivity (Wildman–Crippen MR) is 116 cm³/mol. The zero-order chi connectivity index (χ0) is 20.8. The van der Waals surface area contributed by atoms with Gasteiger partial charge in [-0.1, -0.05) is 18.2 Å². The molecule has 0 aliphatic rings. The van der Waals surface area contributed by atoms with Crippen LogP contribution in [-0.2, 0) is 6.54 Å². The highest BCUT2D eigenvalue weighted by molar-refractivity contribution is 7.13. The molecule has 0 fully saturated rings. The number of halogens is 2. The molecule has 2 heterocycles. The van der Waals surface area contributed by atoms with Crippen molar-refractivity contribution in [1.82, 2.24) is 4.57 Å². The fraction of sp³-hybridized carbons (Fsp3) is 0.0417. The third-order valence-electron chi connectivity index (χ3n) is 5.24. The Kier molecular flexibility index (Phi) is 4.37. The van der Waals surface area contributed by atoms with E-state index in [2.05, 4.69) is 6.07 Å². The average molecular weight is 417 g/mol. The Bertz CT molecular complexity index is 1400. The molecule has 3 aromatic carbocycles. The zero-order valence-electron chi connectivity index (χ0n) is 15.7. The number of primary amides is 1. The normalized spacial score (nSPS) is 11.4. The molecule has 6 heteroatoms. The maximum Gasteiger partial charge on any atom is 0.249 e. The van der Waals surface area contributed by atoms with Gasteiger partial charge in [-0.25, -0.2) is 8.78 Å². The first-order chi connectivity index (χ1) is 14.5. The Balaban J connectivity index is 1.85. The minimum atomic E-state index is -0.616. The van der Waals surface area contributed by atoms with Gasteiger partial charge in [-0.15, -0.1) is 11.3 Å². The van der Waals surface area contributed by atoms with Gasteiger partial charge in [0.25, 0.3) is 0 Å². The second-order valence-electron chi connectivity index (χ2n) is 6.98. The number of thiophene rings is 1. The number of carbonyl (C=O) groups excluding carboxylic acids is 1. The first-order valence-electron chi connectivity index (χ1n) is 9.28. The molecule has 2 N–H and O–H groups in total. The first kappa shape index (κ1) is 18.5. The van der Waals surface area contributed by atoms with Crippen molar-refractivity contribution in [2.45, 2.75) is 6.54 Å². The molecule has 5 rings (SSSR count). The van der Waals surface area contributed by atoms with Gasteiger partial charge in [0.2, 0.25) is 5.91 Å². The fourth-order valence-electron chi connectivity index (χ4n) is 3.86. The lowest BCUT2D eigenvalue weighted by Gasteiger charge is -2.10. The summed E-state index contributed by atoms with van der Waals surface area (Å²) in [5.74, 6) is -1.80. The topological polar surface area (TPSA) is 48.0 Å². The molecular weight excluding hydrogens is 402 g/mol. The summed E-state index contributed by atoms with van der Waals surface area (Å²) in [7, 11) is 0. The van der Waals surface area contributed by atoms with E-state index in [1.165, 1.54) is 18.2 Å². The third kappa shape index (κ3) is 2.88. The Morgan fingerprint density at radius 1 is 1.03 bits per heavy atom. The van der Waals surface area contributed by atoms with Gasteiger partial charge in [-0.3, -0.25) is 4.79 Å². The second-order valence-corrected chi connectivity index (χ2v) is 7.92. The predicted octanol–water partition coefficient (Wildman–Crippen LogP) is 5.75. The lowest BCUT2D eigenvalue weighted by Crippen LogP contribution is -2.11. The average Bonchev–Trinajstić information content (AvgIpc) is 3.37. The number of fused-ring (bicyclic) bond motifs is 3. The largest absolute Gasteiger partial charge is 0.366 e. The molecule has 3 nitrogen and oxygen atoms in total. The molecule has 0 aliphatic carbocycles. The van der Waals surface area contributed by atoms with Crippen molar-refractivity contribution in [2.24, 2.45) is 5.73 Å². The number of benzene rings is 3. The summed E-state index contributed by atoms with van der Waals surface area (Å²) in [6.07, 6.45) is 0. The Morgan fingerprint density at radius 2 is 1.80 bits per heavy atom. The number of aromatic nitrogens is 1. The SMILES string of the molecule is NC(=O)c1cccc2c1c1[c]cc(-c3cccs3)cc1n2Cc1c(F)cccc1F. The summed E-state index contributed by atoms with van der Waals surface area (Å²) in [5.41, 5.74) is 8.26. The third-order valence-corrected chi connectivity index (χ3v) is 6.16. The molecule has 0 atom stereocenters. The first-order valence-corrected chi connectivity index (χ1v) is 10.2. The van der Waals surface area contributed by atoms with E-state index in [9.17, 15) is 13.6 Å².